The maximum atomic E-state index is 14.1. The molecule has 0 bridgehead atoms. The lowest BCUT2D eigenvalue weighted by Crippen LogP contribution is -2.17. The molecule has 170 valence electrons. The molecule has 0 N–H and O–H groups in total. The van der Waals surface area contributed by atoms with Crippen molar-refractivity contribution in [3.05, 3.63) is 126 Å². The van der Waals surface area contributed by atoms with Crippen LogP contribution < -0.4 is 5.56 Å². The Kier molecular flexibility index (Phi) is 4.50. The summed E-state index contributed by atoms with van der Waals surface area (Å²) >= 11 is 0. The van der Waals surface area contributed by atoms with E-state index in [4.69, 9.17) is 15.0 Å². The molecule has 7 aromatic rings. The van der Waals surface area contributed by atoms with Crippen LogP contribution in [-0.2, 0) is 0 Å². The third-order valence-electron chi connectivity index (χ3n) is 6.36. The quantitative estimate of drug-likeness (QED) is 0.325. The Bertz CT molecular complexity index is 1940. The number of fused-ring (bicyclic) bond motifs is 4. The van der Waals surface area contributed by atoms with Crippen LogP contribution in [0.2, 0.25) is 0 Å². The molecular formula is C30H19N5O. The largest absolute Gasteiger partial charge is 0.286 e. The number of nitrogens with zero attached hydrogens (tertiary/aromatic N) is 5. The first-order chi connectivity index (χ1) is 17.8. The van der Waals surface area contributed by atoms with Crippen LogP contribution in [0.3, 0.4) is 0 Å². The fraction of sp³-hybridized carbons (Fsp3) is 0. The second-order valence-electron chi connectivity index (χ2n) is 8.54. The summed E-state index contributed by atoms with van der Waals surface area (Å²) in [5.74, 6) is 1.01. The molecule has 3 aromatic heterocycles. The number of aromatic nitrogens is 5. The normalized spacial score (nSPS) is 11.4. The van der Waals surface area contributed by atoms with Crippen LogP contribution in [0.25, 0.3) is 56.2 Å². The van der Waals surface area contributed by atoms with Gasteiger partial charge in [0.05, 0.1) is 11.0 Å². The molecule has 7 rings (SSSR count). The van der Waals surface area contributed by atoms with Crippen LogP contribution in [0.4, 0.5) is 0 Å². The topological polar surface area (TPSA) is 65.1 Å². The van der Waals surface area contributed by atoms with Gasteiger partial charge in [-0.05, 0) is 24.3 Å². The zero-order valence-electron chi connectivity index (χ0n) is 19.1. The summed E-state index contributed by atoms with van der Waals surface area (Å²) in [5.41, 5.74) is 5.47. The fourth-order valence-electron chi connectivity index (χ4n) is 4.72. The third kappa shape index (κ3) is 3.05. The van der Waals surface area contributed by atoms with Crippen molar-refractivity contribution in [2.75, 3.05) is 0 Å². The molecule has 0 fully saturated rings. The highest BCUT2D eigenvalue weighted by atomic mass is 16.1. The van der Waals surface area contributed by atoms with E-state index >= 15 is 0 Å². The van der Waals surface area contributed by atoms with Gasteiger partial charge in [-0.1, -0.05) is 91.0 Å². The molecule has 0 spiro atoms. The minimum absolute atomic E-state index is 0.224. The Morgan fingerprint density at radius 3 is 1.81 bits per heavy atom. The molecule has 4 aromatic carbocycles. The minimum Gasteiger partial charge on any atom is -0.278 e. The van der Waals surface area contributed by atoms with Gasteiger partial charge in [0.25, 0.3) is 5.56 Å². The summed E-state index contributed by atoms with van der Waals surface area (Å²) in [6.07, 6.45) is 0. The summed E-state index contributed by atoms with van der Waals surface area (Å²) in [7, 11) is 0. The van der Waals surface area contributed by atoms with Crippen molar-refractivity contribution in [3.8, 4) is 28.3 Å². The molecule has 6 nitrogen and oxygen atoms in total. The molecule has 0 aliphatic heterocycles. The molecule has 36 heavy (non-hydrogen) atoms. The van der Waals surface area contributed by atoms with Gasteiger partial charge < -0.3 is 0 Å². The first-order valence-electron chi connectivity index (χ1n) is 11.7. The molecule has 0 saturated heterocycles. The molecule has 6 heteroatoms. The number of benzene rings is 4. The summed E-state index contributed by atoms with van der Waals surface area (Å²) in [6, 6.07) is 37.3. The summed E-state index contributed by atoms with van der Waals surface area (Å²) in [4.78, 5) is 28.9. The van der Waals surface area contributed by atoms with Gasteiger partial charge in [-0.15, -0.1) is 0 Å². The molecular weight excluding hydrogens is 446 g/mol. The predicted octanol–water partition coefficient (Wildman–Crippen LogP) is 5.92. The van der Waals surface area contributed by atoms with Gasteiger partial charge in [0, 0.05) is 16.8 Å². The van der Waals surface area contributed by atoms with Crippen molar-refractivity contribution in [3.63, 3.8) is 0 Å². The molecule has 0 atom stereocenters. The van der Waals surface area contributed by atoms with Gasteiger partial charge in [0.1, 0.15) is 11.2 Å². The predicted molar refractivity (Wildman–Crippen MR) is 142 cm³/mol. The van der Waals surface area contributed by atoms with Crippen molar-refractivity contribution in [2.45, 2.75) is 0 Å². The Labute approximate surface area is 205 Å². The lowest BCUT2D eigenvalue weighted by molar-refractivity contribution is 1.03. The van der Waals surface area contributed by atoms with Gasteiger partial charge in [-0.2, -0.15) is 0 Å². The van der Waals surface area contributed by atoms with Crippen molar-refractivity contribution in [1.82, 2.24) is 23.9 Å². The number of para-hydroxylation sites is 3. The van der Waals surface area contributed by atoms with Crippen LogP contribution in [-0.4, -0.2) is 23.9 Å². The van der Waals surface area contributed by atoms with E-state index in [2.05, 4.69) is 0 Å². The second kappa shape index (κ2) is 7.99. The molecule has 0 aliphatic carbocycles. The van der Waals surface area contributed by atoms with Crippen molar-refractivity contribution in [1.29, 1.82) is 0 Å². The summed E-state index contributed by atoms with van der Waals surface area (Å²) in [6.45, 7) is 0. The van der Waals surface area contributed by atoms with E-state index in [-0.39, 0.29) is 11.1 Å². The smallest absolute Gasteiger partial charge is 0.278 e. The Balaban J connectivity index is 1.68. The molecule has 0 saturated carbocycles. The van der Waals surface area contributed by atoms with E-state index in [0.29, 0.717) is 22.8 Å². The highest BCUT2D eigenvalue weighted by Crippen LogP contribution is 2.29. The summed E-state index contributed by atoms with van der Waals surface area (Å²) < 4.78 is 3.66. The van der Waals surface area contributed by atoms with Gasteiger partial charge in [-0.25, -0.2) is 19.4 Å². The van der Waals surface area contributed by atoms with Crippen LogP contribution in [0.5, 0.6) is 0 Å². The lowest BCUT2D eigenvalue weighted by atomic mass is 10.1. The van der Waals surface area contributed by atoms with Crippen molar-refractivity contribution in [2.24, 2.45) is 0 Å². The van der Waals surface area contributed by atoms with E-state index in [1.54, 1.807) is 4.40 Å². The molecule has 3 heterocycles. The molecule has 0 aliphatic rings. The molecule has 0 unspecified atom stereocenters. The van der Waals surface area contributed by atoms with Crippen LogP contribution in [0.1, 0.15) is 0 Å². The average molecular weight is 466 g/mol. The Hall–Kier alpha value is -5.10. The van der Waals surface area contributed by atoms with Crippen LogP contribution >= 0.6 is 0 Å². The lowest BCUT2D eigenvalue weighted by Gasteiger charge is -2.10. The van der Waals surface area contributed by atoms with E-state index in [1.165, 1.54) is 0 Å². The maximum Gasteiger partial charge on any atom is 0.286 e. The number of hydrogen-bond acceptors (Lipinski definition) is 4. The van der Waals surface area contributed by atoms with E-state index in [0.717, 1.165) is 27.8 Å². The van der Waals surface area contributed by atoms with Crippen LogP contribution in [0.15, 0.2) is 120 Å². The SMILES string of the molecule is O=c1c2nc(-c3ccccc3)nc(-c3ccccc3)c2nc2n(-c3ccccc3)c3ccccc3n12. The number of rotatable bonds is 3. The third-order valence-corrected chi connectivity index (χ3v) is 6.36. The monoisotopic (exact) mass is 465 g/mol. The van der Waals surface area contributed by atoms with E-state index in [1.807, 2.05) is 120 Å². The van der Waals surface area contributed by atoms with E-state index < -0.39 is 0 Å². The van der Waals surface area contributed by atoms with Crippen LogP contribution in [0, 0.1) is 0 Å². The first kappa shape index (κ1) is 20.3. The Morgan fingerprint density at radius 1 is 0.528 bits per heavy atom. The standard InChI is InChI=1S/C30H19N5O/c36-29-27-26(25(20-12-4-1-5-13-20)31-28(32-27)21-14-6-2-7-15-21)33-30-34(22-16-8-3-9-17-22)23-18-10-11-19-24(23)35(29)30/h1-19H. The highest BCUT2D eigenvalue weighted by Gasteiger charge is 2.21. The highest BCUT2D eigenvalue weighted by molar-refractivity contribution is 5.93. The average Bonchev–Trinajstić information content (AvgIpc) is 3.28. The van der Waals surface area contributed by atoms with Crippen molar-refractivity contribution >= 4 is 27.8 Å². The minimum atomic E-state index is -0.224. The number of hydrogen-bond donors (Lipinski definition) is 0. The van der Waals surface area contributed by atoms with Crippen molar-refractivity contribution < 1.29 is 0 Å². The van der Waals surface area contributed by atoms with Gasteiger partial charge >= 0.3 is 0 Å². The second-order valence-corrected chi connectivity index (χ2v) is 8.54. The van der Waals surface area contributed by atoms with Gasteiger partial charge in [0.15, 0.2) is 11.3 Å². The number of imidazole rings is 1. The fourth-order valence-corrected chi connectivity index (χ4v) is 4.72. The molecule has 0 amide bonds. The zero-order chi connectivity index (χ0) is 24.1. The van der Waals surface area contributed by atoms with Gasteiger partial charge in [-0.3, -0.25) is 9.36 Å². The van der Waals surface area contributed by atoms with Gasteiger partial charge in [0.2, 0.25) is 5.78 Å². The maximum absolute atomic E-state index is 14.1. The summed E-state index contributed by atoms with van der Waals surface area (Å²) in [5, 5.41) is 0. The van der Waals surface area contributed by atoms with E-state index in [9.17, 15) is 4.79 Å². The zero-order valence-corrected chi connectivity index (χ0v) is 19.1. The Morgan fingerprint density at radius 2 is 1.11 bits per heavy atom. The molecule has 0 radical (unpaired) electrons. The first-order valence-corrected chi connectivity index (χ1v) is 11.7.